The molecule has 1 saturated carbocycles. The van der Waals surface area contributed by atoms with E-state index in [0.717, 1.165) is 41.8 Å². The second kappa shape index (κ2) is 9.03. The zero-order valence-corrected chi connectivity index (χ0v) is 19.2. The SMILES string of the molecule is CCc1ccccc1NC(=O)CCNS(=O)(=O)c1ccc2c(c1)C[C@@H](C)N2C(=O)C1CC1. The summed E-state index contributed by atoms with van der Waals surface area (Å²) >= 11 is 0. The first-order valence-electron chi connectivity index (χ1n) is 11.1. The molecule has 7 nitrogen and oxygen atoms in total. The molecule has 2 N–H and O–H groups in total. The molecule has 1 aliphatic heterocycles. The van der Waals surface area contributed by atoms with Crippen LogP contribution in [0.4, 0.5) is 11.4 Å². The van der Waals surface area contributed by atoms with E-state index in [9.17, 15) is 18.0 Å². The van der Waals surface area contributed by atoms with Crippen LogP contribution >= 0.6 is 0 Å². The standard InChI is InChI=1S/C24H29N3O4S/c1-3-17-6-4-5-7-21(17)26-23(28)12-13-25-32(30,31)20-10-11-22-19(15-20)14-16(2)27(22)24(29)18-8-9-18/h4-7,10-11,15-16,18,25H,3,8-9,12-14H2,1-2H3,(H,26,28)/t16-/m1/s1. The topological polar surface area (TPSA) is 95.6 Å². The molecule has 2 aromatic carbocycles. The quantitative estimate of drug-likeness (QED) is 0.639. The van der Waals surface area contributed by atoms with Crippen molar-refractivity contribution in [1.29, 1.82) is 0 Å². The van der Waals surface area contributed by atoms with Crippen molar-refractivity contribution >= 4 is 33.2 Å². The molecule has 2 aromatic rings. The molecule has 32 heavy (non-hydrogen) atoms. The summed E-state index contributed by atoms with van der Waals surface area (Å²) < 4.78 is 28.0. The van der Waals surface area contributed by atoms with E-state index in [2.05, 4.69) is 10.0 Å². The van der Waals surface area contributed by atoms with Crippen molar-refractivity contribution in [3.63, 3.8) is 0 Å². The van der Waals surface area contributed by atoms with Crippen LogP contribution in [0.25, 0.3) is 0 Å². The molecule has 1 heterocycles. The third-order valence-corrected chi connectivity index (χ3v) is 7.52. The zero-order valence-electron chi connectivity index (χ0n) is 18.4. The third-order valence-electron chi connectivity index (χ3n) is 6.06. The first-order valence-corrected chi connectivity index (χ1v) is 12.6. The number of carbonyl (C=O) groups is 2. The Kier molecular flexibility index (Phi) is 6.35. The van der Waals surface area contributed by atoms with Crippen LogP contribution in [-0.4, -0.2) is 32.8 Å². The van der Waals surface area contributed by atoms with E-state index in [1.165, 1.54) is 6.07 Å². The van der Waals surface area contributed by atoms with Gasteiger partial charge in [0.2, 0.25) is 21.8 Å². The van der Waals surface area contributed by atoms with E-state index < -0.39 is 10.0 Å². The van der Waals surface area contributed by atoms with E-state index in [1.807, 2.05) is 43.0 Å². The van der Waals surface area contributed by atoms with Gasteiger partial charge in [0.25, 0.3) is 0 Å². The minimum atomic E-state index is -3.76. The van der Waals surface area contributed by atoms with Crippen molar-refractivity contribution in [2.75, 3.05) is 16.8 Å². The van der Waals surface area contributed by atoms with E-state index >= 15 is 0 Å². The molecule has 0 radical (unpaired) electrons. The summed E-state index contributed by atoms with van der Waals surface area (Å²) in [6.45, 7) is 4.00. The smallest absolute Gasteiger partial charge is 0.240 e. The molecule has 0 unspecified atom stereocenters. The normalized spacial score (nSPS) is 17.8. The molecular formula is C24H29N3O4S. The highest BCUT2D eigenvalue weighted by molar-refractivity contribution is 7.89. The van der Waals surface area contributed by atoms with Crippen LogP contribution < -0.4 is 14.9 Å². The van der Waals surface area contributed by atoms with Gasteiger partial charge in [0.1, 0.15) is 0 Å². The molecule has 2 amide bonds. The minimum Gasteiger partial charge on any atom is -0.326 e. The average molecular weight is 456 g/mol. The van der Waals surface area contributed by atoms with Crippen LogP contribution in [0.15, 0.2) is 47.4 Å². The number of hydrogen-bond acceptors (Lipinski definition) is 4. The monoisotopic (exact) mass is 455 g/mol. The molecular weight excluding hydrogens is 426 g/mol. The molecule has 0 spiro atoms. The van der Waals surface area contributed by atoms with E-state index in [4.69, 9.17) is 0 Å². The largest absolute Gasteiger partial charge is 0.326 e. The van der Waals surface area contributed by atoms with Crippen molar-refractivity contribution < 1.29 is 18.0 Å². The number of nitrogens with zero attached hydrogens (tertiary/aromatic N) is 1. The van der Waals surface area contributed by atoms with Gasteiger partial charge in [0.05, 0.1) is 4.90 Å². The molecule has 0 bridgehead atoms. The number of hydrogen-bond donors (Lipinski definition) is 2. The van der Waals surface area contributed by atoms with Gasteiger partial charge in [0, 0.05) is 36.3 Å². The fourth-order valence-corrected chi connectivity index (χ4v) is 5.27. The summed E-state index contributed by atoms with van der Waals surface area (Å²) in [6.07, 6.45) is 3.33. The second-order valence-electron chi connectivity index (χ2n) is 8.53. The van der Waals surface area contributed by atoms with Gasteiger partial charge in [-0.25, -0.2) is 13.1 Å². The Bertz CT molecular complexity index is 1140. The zero-order chi connectivity index (χ0) is 22.9. The fourth-order valence-electron chi connectivity index (χ4n) is 4.18. The maximum Gasteiger partial charge on any atom is 0.240 e. The molecule has 4 rings (SSSR count). The van der Waals surface area contributed by atoms with Crippen molar-refractivity contribution in [2.45, 2.75) is 56.9 Å². The highest BCUT2D eigenvalue weighted by Crippen LogP contribution is 2.39. The van der Waals surface area contributed by atoms with Gasteiger partial charge in [-0.05, 0) is 68.0 Å². The van der Waals surface area contributed by atoms with Gasteiger partial charge in [-0.15, -0.1) is 0 Å². The molecule has 0 aromatic heterocycles. The van der Waals surface area contributed by atoms with Gasteiger partial charge in [0.15, 0.2) is 0 Å². The van der Waals surface area contributed by atoms with Crippen molar-refractivity contribution in [3.05, 3.63) is 53.6 Å². The molecule has 170 valence electrons. The lowest BCUT2D eigenvalue weighted by Crippen LogP contribution is -2.36. The Morgan fingerprint density at radius 2 is 1.88 bits per heavy atom. The van der Waals surface area contributed by atoms with Crippen LogP contribution in [0.2, 0.25) is 0 Å². The van der Waals surface area contributed by atoms with Crippen molar-refractivity contribution in [1.82, 2.24) is 4.72 Å². The Morgan fingerprint density at radius 3 is 2.59 bits per heavy atom. The number of fused-ring (bicyclic) bond motifs is 1. The number of sulfonamides is 1. The lowest BCUT2D eigenvalue weighted by molar-refractivity contribution is -0.120. The van der Waals surface area contributed by atoms with Gasteiger partial charge >= 0.3 is 0 Å². The predicted molar refractivity (Wildman–Crippen MR) is 124 cm³/mol. The maximum absolute atomic E-state index is 12.8. The lowest BCUT2D eigenvalue weighted by atomic mass is 10.1. The minimum absolute atomic E-state index is 0.00222. The van der Waals surface area contributed by atoms with Crippen LogP contribution in [0.5, 0.6) is 0 Å². The van der Waals surface area contributed by atoms with Crippen LogP contribution in [0.3, 0.4) is 0 Å². The van der Waals surface area contributed by atoms with Crippen molar-refractivity contribution in [3.8, 4) is 0 Å². The first kappa shape index (κ1) is 22.5. The van der Waals surface area contributed by atoms with Crippen molar-refractivity contribution in [2.24, 2.45) is 5.92 Å². The third kappa shape index (κ3) is 4.71. The van der Waals surface area contributed by atoms with Crippen LogP contribution in [0.1, 0.15) is 44.2 Å². The Hall–Kier alpha value is -2.71. The second-order valence-corrected chi connectivity index (χ2v) is 10.3. The Balaban J connectivity index is 1.37. The van der Waals surface area contributed by atoms with Crippen LogP contribution in [0, 0.1) is 5.92 Å². The van der Waals surface area contributed by atoms with E-state index in [0.29, 0.717) is 6.42 Å². The summed E-state index contributed by atoms with van der Waals surface area (Å²) in [5.41, 5.74) is 3.45. The number of rotatable bonds is 8. The Morgan fingerprint density at radius 1 is 1.12 bits per heavy atom. The molecule has 8 heteroatoms. The summed E-state index contributed by atoms with van der Waals surface area (Å²) in [7, 11) is -3.76. The number of anilines is 2. The molecule has 1 fully saturated rings. The highest BCUT2D eigenvalue weighted by Gasteiger charge is 2.39. The van der Waals surface area contributed by atoms with Crippen LogP contribution in [-0.2, 0) is 32.5 Å². The Labute approximate surface area is 189 Å². The summed E-state index contributed by atoms with van der Waals surface area (Å²) in [5, 5.41) is 2.84. The van der Waals surface area contributed by atoms with Gasteiger partial charge in [-0.3, -0.25) is 9.59 Å². The molecule has 1 atom stereocenters. The van der Waals surface area contributed by atoms with Gasteiger partial charge < -0.3 is 10.2 Å². The molecule has 0 saturated heterocycles. The average Bonchev–Trinajstić information content (AvgIpc) is 3.55. The van der Waals surface area contributed by atoms with Gasteiger partial charge in [-0.1, -0.05) is 25.1 Å². The summed E-state index contributed by atoms with van der Waals surface area (Å²) in [5.74, 6) is 0.00941. The number of nitrogens with one attached hydrogen (secondary N) is 2. The number of aryl methyl sites for hydroxylation is 1. The highest BCUT2D eigenvalue weighted by atomic mass is 32.2. The number of amides is 2. The number of carbonyl (C=O) groups excluding carboxylic acids is 2. The molecule has 1 aliphatic carbocycles. The fraction of sp³-hybridized carbons (Fsp3) is 0.417. The predicted octanol–water partition coefficient (Wildman–Crippen LogP) is 3.24. The number of benzene rings is 2. The lowest BCUT2D eigenvalue weighted by Gasteiger charge is -2.22. The number of para-hydroxylation sites is 1. The first-order chi connectivity index (χ1) is 15.3. The summed E-state index contributed by atoms with van der Waals surface area (Å²) in [6, 6.07) is 12.5. The maximum atomic E-state index is 12.8. The van der Waals surface area contributed by atoms with Gasteiger partial charge in [-0.2, -0.15) is 0 Å². The molecule has 2 aliphatic rings. The summed E-state index contributed by atoms with van der Waals surface area (Å²) in [4.78, 5) is 26.8. The van der Waals surface area contributed by atoms with E-state index in [1.54, 1.807) is 12.1 Å². The van der Waals surface area contributed by atoms with E-state index in [-0.39, 0.29) is 41.6 Å².